The largest absolute Gasteiger partial charge is 0.496 e. The van der Waals surface area contributed by atoms with E-state index in [-0.39, 0.29) is 12.2 Å². The SMILES string of the molecule is COc1cc2ccccc2cc1C(=O)OCC(=O)NCCOc1ccccc1. The fourth-order valence-corrected chi connectivity index (χ4v) is 2.68. The van der Waals surface area contributed by atoms with Gasteiger partial charge in [0.2, 0.25) is 0 Å². The van der Waals surface area contributed by atoms with Gasteiger partial charge in [-0.1, -0.05) is 42.5 Å². The maximum atomic E-state index is 12.4. The van der Waals surface area contributed by atoms with Crippen LogP contribution >= 0.6 is 0 Å². The van der Waals surface area contributed by atoms with E-state index < -0.39 is 11.9 Å². The highest BCUT2D eigenvalue weighted by Crippen LogP contribution is 2.26. The second kappa shape index (κ2) is 9.41. The Bertz CT molecular complexity index is 956. The first-order valence-electron chi connectivity index (χ1n) is 8.86. The lowest BCUT2D eigenvalue weighted by molar-refractivity contribution is -0.124. The van der Waals surface area contributed by atoms with Gasteiger partial charge in [-0.25, -0.2) is 4.79 Å². The van der Waals surface area contributed by atoms with Gasteiger partial charge < -0.3 is 19.5 Å². The predicted molar refractivity (Wildman–Crippen MR) is 106 cm³/mol. The first kappa shape index (κ1) is 19.2. The molecule has 6 heteroatoms. The van der Waals surface area contributed by atoms with Crippen LogP contribution in [0.5, 0.6) is 11.5 Å². The molecular weight excluding hydrogens is 358 g/mol. The van der Waals surface area contributed by atoms with Gasteiger partial charge in [0.25, 0.3) is 5.91 Å². The number of rotatable bonds is 8. The quantitative estimate of drug-likeness (QED) is 0.481. The van der Waals surface area contributed by atoms with E-state index in [0.717, 1.165) is 16.5 Å². The maximum Gasteiger partial charge on any atom is 0.342 e. The van der Waals surface area contributed by atoms with Crippen LogP contribution in [0.25, 0.3) is 10.8 Å². The molecule has 0 saturated carbocycles. The monoisotopic (exact) mass is 379 g/mol. The summed E-state index contributed by atoms with van der Waals surface area (Å²) in [6, 6.07) is 20.4. The molecular formula is C22H21NO5. The van der Waals surface area contributed by atoms with Crippen molar-refractivity contribution in [2.45, 2.75) is 0 Å². The Balaban J connectivity index is 1.49. The molecule has 1 N–H and O–H groups in total. The topological polar surface area (TPSA) is 73.9 Å². The Morgan fingerprint density at radius 2 is 1.61 bits per heavy atom. The van der Waals surface area contributed by atoms with Gasteiger partial charge in [0.15, 0.2) is 6.61 Å². The molecule has 3 aromatic rings. The molecule has 0 fully saturated rings. The number of carbonyl (C=O) groups is 2. The minimum atomic E-state index is -0.613. The van der Waals surface area contributed by atoms with Crippen molar-refractivity contribution in [3.63, 3.8) is 0 Å². The maximum absolute atomic E-state index is 12.4. The Labute approximate surface area is 163 Å². The number of carbonyl (C=O) groups excluding carboxylic acids is 2. The van der Waals surface area contributed by atoms with E-state index in [0.29, 0.717) is 18.9 Å². The summed E-state index contributed by atoms with van der Waals surface area (Å²) in [5, 5.41) is 4.48. The molecule has 3 rings (SSSR count). The van der Waals surface area contributed by atoms with Gasteiger partial charge in [0.1, 0.15) is 23.7 Å². The fourth-order valence-electron chi connectivity index (χ4n) is 2.68. The average Bonchev–Trinajstić information content (AvgIpc) is 2.74. The molecule has 0 radical (unpaired) electrons. The van der Waals surface area contributed by atoms with Gasteiger partial charge in [0.05, 0.1) is 13.7 Å². The van der Waals surface area contributed by atoms with Gasteiger partial charge in [-0.3, -0.25) is 4.79 Å². The first-order valence-corrected chi connectivity index (χ1v) is 8.86. The minimum absolute atomic E-state index is 0.279. The second-order valence-electron chi connectivity index (χ2n) is 5.99. The molecule has 144 valence electrons. The van der Waals surface area contributed by atoms with Gasteiger partial charge >= 0.3 is 5.97 Å². The van der Waals surface area contributed by atoms with Crippen LogP contribution in [0, 0.1) is 0 Å². The van der Waals surface area contributed by atoms with E-state index in [1.807, 2.05) is 54.6 Å². The van der Waals surface area contributed by atoms with Gasteiger partial charge in [-0.2, -0.15) is 0 Å². The fraction of sp³-hybridized carbons (Fsp3) is 0.182. The lowest BCUT2D eigenvalue weighted by atomic mass is 10.1. The van der Waals surface area contributed by atoms with E-state index in [9.17, 15) is 9.59 Å². The van der Waals surface area contributed by atoms with Crippen LogP contribution < -0.4 is 14.8 Å². The second-order valence-corrected chi connectivity index (χ2v) is 5.99. The first-order chi connectivity index (χ1) is 13.7. The van der Waals surface area contributed by atoms with E-state index in [1.54, 1.807) is 12.1 Å². The van der Waals surface area contributed by atoms with Crippen molar-refractivity contribution in [2.24, 2.45) is 0 Å². The molecule has 0 unspecified atom stereocenters. The summed E-state index contributed by atoms with van der Waals surface area (Å²) in [7, 11) is 1.49. The smallest absolute Gasteiger partial charge is 0.342 e. The molecule has 0 aliphatic heterocycles. The molecule has 28 heavy (non-hydrogen) atoms. The zero-order valence-corrected chi connectivity index (χ0v) is 15.5. The van der Waals surface area contributed by atoms with Crippen molar-refractivity contribution in [2.75, 3.05) is 26.9 Å². The van der Waals surface area contributed by atoms with Gasteiger partial charge in [-0.15, -0.1) is 0 Å². The van der Waals surface area contributed by atoms with Crippen LogP contribution in [0.3, 0.4) is 0 Å². The van der Waals surface area contributed by atoms with Crippen LogP contribution in [0.2, 0.25) is 0 Å². The average molecular weight is 379 g/mol. The zero-order valence-electron chi connectivity index (χ0n) is 15.5. The number of amides is 1. The molecule has 0 aliphatic carbocycles. The third-order valence-corrected chi connectivity index (χ3v) is 4.06. The number of para-hydroxylation sites is 1. The molecule has 3 aromatic carbocycles. The number of benzene rings is 3. The van der Waals surface area contributed by atoms with E-state index >= 15 is 0 Å². The molecule has 6 nitrogen and oxygen atoms in total. The lowest BCUT2D eigenvalue weighted by Gasteiger charge is -2.11. The molecule has 1 amide bonds. The molecule has 0 saturated heterocycles. The third-order valence-electron chi connectivity index (χ3n) is 4.06. The number of ether oxygens (including phenoxy) is 3. The number of methoxy groups -OCH3 is 1. The number of hydrogen-bond acceptors (Lipinski definition) is 5. The Kier molecular flexibility index (Phi) is 6.46. The number of hydrogen-bond donors (Lipinski definition) is 1. The number of nitrogens with one attached hydrogen (secondary N) is 1. The molecule has 0 spiro atoms. The summed E-state index contributed by atoms with van der Waals surface area (Å²) in [5.41, 5.74) is 0.279. The molecule has 0 heterocycles. The van der Waals surface area contributed by atoms with Crippen LogP contribution in [-0.2, 0) is 9.53 Å². The van der Waals surface area contributed by atoms with Crippen molar-refractivity contribution in [3.8, 4) is 11.5 Å². The van der Waals surface area contributed by atoms with Crippen molar-refractivity contribution in [1.82, 2.24) is 5.32 Å². The van der Waals surface area contributed by atoms with Gasteiger partial charge in [-0.05, 0) is 35.0 Å². The highest BCUT2D eigenvalue weighted by Gasteiger charge is 2.16. The molecule has 0 bridgehead atoms. The van der Waals surface area contributed by atoms with Crippen molar-refractivity contribution in [1.29, 1.82) is 0 Å². The standard InChI is InChI=1S/C22H21NO5/c1-26-20-14-17-8-6-5-7-16(17)13-19(20)22(25)28-15-21(24)23-11-12-27-18-9-3-2-4-10-18/h2-10,13-14H,11-12,15H2,1H3,(H,23,24). The summed E-state index contributed by atoms with van der Waals surface area (Å²) < 4.78 is 15.9. The number of fused-ring (bicyclic) bond motifs is 1. The van der Waals surface area contributed by atoms with Crippen LogP contribution in [-0.4, -0.2) is 38.7 Å². The summed E-state index contributed by atoms with van der Waals surface area (Å²) in [6.45, 7) is 0.257. The Morgan fingerprint density at radius 3 is 2.32 bits per heavy atom. The van der Waals surface area contributed by atoms with E-state index in [4.69, 9.17) is 14.2 Å². The minimum Gasteiger partial charge on any atom is -0.496 e. The molecule has 0 aromatic heterocycles. The normalized spacial score (nSPS) is 10.3. The van der Waals surface area contributed by atoms with Crippen LogP contribution in [0.4, 0.5) is 0 Å². The number of esters is 1. The lowest BCUT2D eigenvalue weighted by Crippen LogP contribution is -2.32. The summed E-state index contributed by atoms with van der Waals surface area (Å²) in [5.74, 6) is 0.120. The van der Waals surface area contributed by atoms with E-state index in [2.05, 4.69) is 5.32 Å². The van der Waals surface area contributed by atoms with E-state index in [1.165, 1.54) is 7.11 Å². The summed E-state index contributed by atoms with van der Waals surface area (Å²) in [4.78, 5) is 24.3. The zero-order chi connectivity index (χ0) is 19.8. The summed E-state index contributed by atoms with van der Waals surface area (Å²) in [6.07, 6.45) is 0. The molecule has 0 atom stereocenters. The Hall–Kier alpha value is -3.54. The molecule has 0 aliphatic rings. The van der Waals surface area contributed by atoms with Crippen LogP contribution in [0.15, 0.2) is 66.7 Å². The highest BCUT2D eigenvalue weighted by molar-refractivity contribution is 5.99. The van der Waals surface area contributed by atoms with Crippen molar-refractivity contribution >= 4 is 22.6 Å². The van der Waals surface area contributed by atoms with Crippen molar-refractivity contribution < 1.29 is 23.8 Å². The van der Waals surface area contributed by atoms with Crippen LogP contribution in [0.1, 0.15) is 10.4 Å². The predicted octanol–water partition coefficient (Wildman–Crippen LogP) is 3.20. The van der Waals surface area contributed by atoms with Gasteiger partial charge in [0, 0.05) is 0 Å². The highest BCUT2D eigenvalue weighted by atomic mass is 16.5. The Morgan fingerprint density at radius 1 is 0.929 bits per heavy atom. The third kappa shape index (κ3) is 5.01. The summed E-state index contributed by atoms with van der Waals surface area (Å²) >= 11 is 0. The van der Waals surface area contributed by atoms with Crippen molar-refractivity contribution in [3.05, 3.63) is 72.3 Å².